The molecule has 0 spiro atoms. The monoisotopic (exact) mass is 259 g/mol. The van der Waals surface area contributed by atoms with Crippen molar-refractivity contribution in [3.63, 3.8) is 0 Å². The highest BCUT2D eigenvalue weighted by Crippen LogP contribution is 2.20. The minimum atomic E-state index is 0.492. The zero-order valence-electron chi connectivity index (χ0n) is 10.9. The Morgan fingerprint density at radius 2 is 2.26 bits per heavy atom. The maximum Gasteiger partial charge on any atom is 0.239 e. The Kier molecular flexibility index (Phi) is 3.41. The van der Waals surface area contributed by atoms with Gasteiger partial charge in [0, 0.05) is 25.2 Å². The Labute approximate surface area is 111 Å². The summed E-state index contributed by atoms with van der Waals surface area (Å²) in [5.41, 5.74) is 0.934. The first-order valence-electron chi connectivity index (χ1n) is 6.60. The summed E-state index contributed by atoms with van der Waals surface area (Å²) in [6, 6.07) is 4.44. The molecule has 19 heavy (non-hydrogen) atoms. The Morgan fingerprint density at radius 3 is 2.89 bits per heavy atom. The van der Waals surface area contributed by atoms with E-state index in [4.69, 9.17) is 4.74 Å². The summed E-state index contributed by atoms with van der Waals surface area (Å²) < 4.78 is 7.38. The maximum atomic E-state index is 5.58. The average Bonchev–Trinajstić information content (AvgIpc) is 3.17. The molecule has 2 aromatic rings. The van der Waals surface area contributed by atoms with Gasteiger partial charge in [-0.2, -0.15) is 10.2 Å². The van der Waals surface area contributed by atoms with E-state index in [0.29, 0.717) is 17.7 Å². The van der Waals surface area contributed by atoms with Crippen molar-refractivity contribution in [2.45, 2.75) is 38.9 Å². The van der Waals surface area contributed by atoms with Crippen molar-refractivity contribution in [3.8, 4) is 11.6 Å². The number of hydrogen-bond acceptors (Lipinski definition) is 5. The largest absolute Gasteiger partial charge is 0.434 e. The molecule has 2 aromatic heterocycles. The molecule has 0 unspecified atom stereocenters. The van der Waals surface area contributed by atoms with Crippen molar-refractivity contribution in [1.29, 1.82) is 0 Å². The molecule has 1 N–H and O–H groups in total. The fourth-order valence-electron chi connectivity index (χ4n) is 1.72. The van der Waals surface area contributed by atoms with Gasteiger partial charge in [-0.1, -0.05) is 0 Å². The number of aromatic nitrogens is 4. The summed E-state index contributed by atoms with van der Waals surface area (Å²) in [4.78, 5) is 0. The molecule has 6 heteroatoms. The summed E-state index contributed by atoms with van der Waals surface area (Å²) in [5, 5.41) is 15.7. The highest BCUT2D eigenvalue weighted by molar-refractivity contribution is 5.21. The van der Waals surface area contributed by atoms with Crippen LogP contribution in [0.25, 0.3) is 0 Å². The van der Waals surface area contributed by atoms with Gasteiger partial charge in [0.15, 0.2) is 5.75 Å². The average molecular weight is 259 g/mol. The van der Waals surface area contributed by atoms with E-state index in [0.717, 1.165) is 18.8 Å². The molecule has 100 valence electrons. The Balaban J connectivity index is 1.58. The molecule has 0 radical (unpaired) electrons. The lowest BCUT2D eigenvalue weighted by molar-refractivity contribution is 0.452. The second-order valence-electron chi connectivity index (χ2n) is 4.65. The first kappa shape index (κ1) is 12.1. The fourth-order valence-corrected chi connectivity index (χ4v) is 1.72. The van der Waals surface area contributed by atoms with Crippen LogP contribution in [-0.4, -0.2) is 26.0 Å². The lowest BCUT2D eigenvalue weighted by Crippen LogP contribution is -2.16. The molecule has 3 rings (SSSR count). The van der Waals surface area contributed by atoms with E-state index in [1.54, 1.807) is 10.9 Å². The Morgan fingerprint density at radius 1 is 1.37 bits per heavy atom. The van der Waals surface area contributed by atoms with Gasteiger partial charge in [-0.05, 0) is 25.8 Å². The molecule has 1 fully saturated rings. The second-order valence-corrected chi connectivity index (χ2v) is 4.65. The molecule has 6 nitrogen and oxygen atoms in total. The molecule has 1 aliphatic carbocycles. The van der Waals surface area contributed by atoms with E-state index < -0.39 is 0 Å². The van der Waals surface area contributed by atoms with Gasteiger partial charge in [-0.15, -0.1) is 5.10 Å². The van der Waals surface area contributed by atoms with Gasteiger partial charge in [0.25, 0.3) is 0 Å². The number of rotatable bonds is 6. The van der Waals surface area contributed by atoms with Gasteiger partial charge in [-0.3, -0.25) is 4.68 Å². The minimum absolute atomic E-state index is 0.492. The third-order valence-corrected chi connectivity index (χ3v) is 3.00. The van der Waals surface area contributed by atoms with Gasteiger partial charge < -0.3 is 10.1 Å². The fraction of sp³-hybridized carbons (Fsp3) is 0.462. The van der Waals surface area contributed by atoms with Gasteiger partial charge in [0.05, 0.1) is 18.1 Å². The van der Waals surface area contributed by atoms with E-state index >= 15 is 0 Å². The number of nitrogens with zero attached hydrogens (tertiary/aromatic N) is 4. The predicted octanol–water partition coefficient (Wildman–Crippen LogP) is 1.74. The molecule has 0 bridgehead atoms. The number of hydrogen-bond donors (Lipinski definition) is 1. The molecular weight excluding hydrogens is 242 g/mol. The van der Waals surface area contributed by atoms with Crippen LogP contribution >= 0.6 is 0 Å². The molecule has 1 aliphatic rings. The summed E-state index contributed by atoms with van der Waals surface area (Å²) in [7, 11) is 0. The van der Waals surface area contributed by atoms with E-state index in [9.17, 15) is 0 Å². The van der Waals surface area contributed by atoms with Crippen molar-refractivity contribution in [2.75, 3.05) is 0 Å². The Bertz CT molecular complexity index is 532. The lowest BCUT2D eigenvalue weighted by Gasteiger charge is -2.03. The molecule has 0 aliphatic heterocycles. The highest BCUT2D eigenvalue weighted by Gasteiger charge is 2.20. The van der Waals surface area contributed by atoms with Crippen molar-refractivity contribution in [1.82, 2.24) is 25.3 Å². The lowest BCUT2D eigenvalue weighted by atomic mass is 10.4. The molecule has 0 amide bonds. The molecule has 0 aromatic carbocycles. The summed E-state index contributed by atoms with van der Waals surface area (Å²) >= 11 is 0. The second kappa shape index (κ2) is 5.36. The van der Waals surface area contributed by atoms with Crippen molar-refractivity contribution in [2.24, 2.45) is 0 Å². The number of aryl methyl sites for hydroxylation is 1. The van der Waals surface area contributed by atoms with Crippen LogP contribution in [0.3, 0.4) is 0 Å². The highest BCUT2D eigenvalue weighted by atomic mass is 16.5. The van der Waals surface area contributed by atoms with Crippen LogP contribution in [0, 0.1) is 0 Å². The smallest absolute Gasteiger partial charge is 0.239 e. The van der Waals surface area contributed by atoms with Crippen LogP contribution in [0.2, 0.25) is 0 Å². The van der Waals surface area contributed by atoms with Crippen molar-refractivity contribution in [3.05, 3.63) is 30.2 Å². The molecule has 2 heterocycles. The van der Waals surface area contributed by atoms with Gasteiger partial charge in [-0.25, -0.2) is 0 Å². The van der Waals surface area contributed by atoms with E-state index in [-0.39, 0.29) is 0 Å². The molecular formula is C13H17N5O. The molecule has 0 saturated heterocycles. The van der Waals surface area contributed by atoms with Crippen LogP contribution in [0.1, 0.15) is 25.5 Å². The van der Waals surface area contributed by atoms with Crippen LogP contribution in [0.5, 0.6) is 11.6 Å². The van der Waals surface area contributed by atoms with Crippen molar-refractivity contribution >= 4 is 0 Å². The maximum absolute atomic E-state index is 5.58. The number of nitrogens with one attached hydrogen (secondary N) is 1. The summed E-state index contributed by atoms with van der Waals surface area (Å²) in [5.74, 6) is 1.17. The van der Waals surface area contributed by atoms with Gasteiger partial charge >= 0.3 is 0 Å². The SMILES string of the molecule is CCn1cc(Oc2ccc(CNC3CC3)nn2)cn1. The summed E-state index contributed by atoms with van der Waals surface area (Å²) in [6.07, 6.45) is 6.06. The van der Waals surface area contributed by atoms with E-state index in [1.807, 2.05) is 25.3 Å². The zero-order valence-corrected chi connectivity index (χ0v) is 10.9. The first-order valence-corrected chi connectivity index (χ1v) is 6.60. The van der Waals surface area contributed by atoms with Crippen LogP contribution in [-0.2, 0) is 13.1 Å². The topological polar surface area (TPSA) is 64.9 Å². The summed E-state index contributed by atoms with van der Waals surface area (Å²) in [6.45, 7) is 3.62. The standard InChI is InChI=1S/C13H17N5O/c1-2-18-9-12(8-15-18)19-13-6-5-11(16-17-13)7-14-10-3-4-10/h5-6,8-10,14H,2-4,7H2,1H3. The number of ether oxygens (including phenoxy) is 1. The van der Waals surface area contributed by atoms with Crippen LogP contribution in [0.15, 0.2) is 24.5 Å². The van der Waals surface area contributed by atoms with Crippen LogP contribution in [0.4, 0.5) is 0 Å². The van der Waals surface area contributed by atoms with Crippen molar-refractivity contribution < 1.29 is 4.74 Å². The van der Waals surface area contributed by atoms with E-state index in [2.05, 4.69) is 20.6 Å². The van der Waals surface area contributed by atoms with Gasteiger partial charge in [0.1, 0.15) is 0 Å². The Hall–Kier alpha value is -1.95. The minimum Gasteiger partial charge on any atom is -0.434 e. The van der Waals surface area contributed by atoms with Gasteiger partial charge in [0.2, 0.25) is 5.88 Å². The van der Waals surface area contributed by atoms with E-state index in [1.165, 1.54) is 12.8 Å². The van der Waals surface area contributed by atoms with Crippen LogP contribution < -0.4 is 10.1 Å². The zero-order chi connectivity index (χ0) is 13.1. The third kappa shape index (κ3) is 3.29. The first-order chi connectivity index (χ1) is 9.33. The molecule has 1 saturated carbocycles. The predicted molar refractivity (Wildman–Crippen MR) is 69.9 cm³/mol. The quantitative estimate of drug-likeness (QED) is 0.856. The normalized spacial score (nSPS) is 14.6. The molecule has 0 atom stereocenters. The third-order valence-electron chi connectivity index (χ3n) is 3.00.